The minimum absolute atomic E-state index is 0.000000000000000222. The number of rotatable bonds is 2. The van der Waals surface area contributed by atoms with E-state index in [2.05, 4.69) is 4.74 Å². The Kier molecular flexibility index (Phi) is 10.2. The van der Waals surface area contributed by atoms with E-state index in [0.29, 0.717) is 6.42 Å². The molecule has 1 atom stereocenters. The fourth-order valence-electron chi connectivity index (χ4n) is 0.279. The number of ether oxygens (including phenoxy) is 1. The fraction of sp³-hybridized carbons (Fsp3) is 0.857. The Morgan fingerprint density at radius 1 is 1.60 bits per heavy atom. The van der Waals surface area contributed by atoms with Gasteiger partial charge in [-0.3, -0.25) is 5.41 Å². The molecule has 0 aromatic rings. The molecule has 0 rings (SSSR count). The summed E-state index contributed by atoms with van der Waals surface area (Å²) in [5, 5.41) is 6.81. The summed E-state index contributed by atoms with van der Waals surface area (Å²) >= 11 is 0. The third kappa shape index (κ3) is 10.4. The summed E-state index contributed by atoms with van der Waals surface area (Å²) in [5.41, 5.74) is 0. The van der Waals surface area contributed by atoms with Crippen molar-refractivity contribution in [1.82, 2.24) is 0 Å². The smallest absolute Gasteiger partial charge is 0.237 e. The Morgan fingerprint density at radius 3 is 2.10 bits per heavy atom. The molecule has 0 bridgehead atoms. The molecule has 0 aromatic carbocycles. The van der Waals surface area contributed by atoms with E-state index in [1.807, 2.05) is 13.8 Å². The highest BCUT2D eigenvalue weighted by Gasteiger charge is 1.98. The summed E-state index contributed by atoms with van der Waals surface area (Å²) in [5.74, 6) is 0.000000000000000222. The Hall–Kier alpha value is -0.600. The van der Waals surface area contributed by atoms with Crippen LogP contribution in [0.25, 0.3) is 0 Å². The van der Waals surface area contributed by atoms with Crippen molar-refractivity contribution in [3.05, 3.63) is 0 Å². The van der Waals surface area contributed by atoms with Crippen molar-refractivity contribution < 1.29 is 9.13 Å². The van der Waals surface area contributed by atoms with Gasteiger partial charge in [0.25, 0.3) is 0 Å². The molecule has 0 amide bonds. The molecule has 0 saturated heterocycles. The predicted molar refractivity (Wildman–Crippen MR) is 41.0 cm³/mol. The molecular formula is C7H16FNO. The lowest BCUT2D eigenvalue weighted by Gasteiger charge is -2.03. The lowest BCUT2D eigenvalue weighted by atomic mass is 10.5. The van der Waals surface area contributed by atoms with Crippen molar-refractivity contribution in [2.75, 3.05) is 0 Å². The first kappa shape index (κ1) is 12.1. The van der Waals surface area contributed by atoms with Gasteiger partial charge in [0.1, 0.15) is 0 Å². The van der Waals surface area contributed by atoms with Crippen LogP contribution in [0.2, 0.25) is 0 Å². The topological polar surface area (TPSA) is 33.1 Å². The van der Waals surface area contributed by atoms with Gasteiger partial charge in [-0.15, -0.1) is 0 Å². The Morgan fingerprint density at radius 2 is 2.00 bits per heavy atom. The van der Waals surface area contributed by atoms with Gasteiger partial charge in [-0.05, 0) is 0 Å². The Balaban J connectivity index is 0. The van der Waals surface area contributed by atoms with E-state index in [1.54, 1.807) is 6.92 Å². The van der Waals surface area contributed by atoms with Crippen LogP contribution in [-0.4, -0.2) is 12.3 Å². The van der Waals surface area contributed by atoms with Crippen molar-refractivity contribution in [1.29, 1.82) is 5.41 Å². The molecule has 62 valence electrons. The fourth-order valence-corrected chi connectivity index (χ4v) is 0.279. The molecule has 3 heteroatoms. The number of hydrogen-bond donors (Lipinski definition) is 1. The van der Waals surface area contributed by atoms with Crippen molar-refractivity contribution in [2.45, 2.75) is 40.5 Å². The molecular weight excluding hydrogens is 133 g/mol. The van der Waals surface area contributed by atoms with Crippen molar-refractivity contribution in [3.63, 3.8) is 0 Å². The second-order valence-corrected chi connectivity index (χ2v) is 1.44. The number of nitrogens with one attached hydrogen (secondary N) is 1. The predicted octanol–water partition coefficient (Wildman–Crippen LogP) is 2.73. The van der Waals surface area contributed by atoms with E-state index in [9.17, 15) is 4.39 Å². The van der Waals surface area contributed by atoms with Crippen LogP contribution in [0.3, 0.4) is 0 Å². The van der Waals surface area contributed by atoms with Crippen LogP contribution in [-0.2, 0) is 4.74 Å². The van der Waals surface area contributed by atoms with Gasteiger partial charge in [0.15, 0.2) is 5.90 Å². The van der Waals surface area contributed by atoms with E-state index < -0.39 is 6.36 Å². The summed E-state index contributed by atoms with van der Waals surface area (Å²) in [6.45, 7) is 6.99. The average Bonchev–Trinajstić information content (AvgIpc) is 1.91. The molecule has 0 saturated carbocycles. The monoisotopic (exact) mass is 149 g/mol. The number of alkyl halides is 1. The largest absolute Gasteiger partial charge is 0.448 e. The molecule has 0 aliphatic carbocycles. The summed E-state index contributed by atoms with van der Waals surface area (Å²) in [6, 6.07) is 0. The highest BCUT2D eigenvalue weighted by atomic mass is 19.1. The standard InChI is InChI=1S/C5H10FNO.C2H6/c1-3-5(7)8-4(2)6;1-2/h4,7H,3H2,1-2H3;1-2H3. The van der Waals surface area contributed by atoms with Crippen LogP contribution in [0, 0.1) is 5.41 Å². The maximum atomic E-state index is 11.8. The SMILES string of the molecule is CC.CCC(=N)OC(C)F. The van der Waals surface area contributed by atoms with E-state index >= 15 is 0 Å². The van der Waals surface area contributed by atoms with Crippen LogP contribution in [0.15, 0.2) is 0 Å². The van der Waals surface area contributed by atoms with Crippen LogP contribution in [0.4, 0.5) is 4.39 Å². The van der Waals surface area contributed by atoms with Crippen molar-refractivity contribution >= 4 is 5.90 Å². The zero-order chi connectivity index (χ0) is 8.57. The van der Waals surface area contributed by atoms with Gasteiger partial charge in [-0.2, -0.15) is 0 Å². The zero-order valence-electron chi connectivity index (χ0n) is 7.07. The van der Waals surface area contributed by atoms with Crippen LogP contribution < -0.4 is 0 Å². The van der Waals surface area contributed by atoms with Crippen molar-refractivity contribution in [3.8, 4) is 0 Å². The first-order chi connectivity index (χ1) is 4.66. The maximum absolute atomic E-state index is 11.8. The van der Waals surface area contributed by atoms with Gasteiger partial charge in [-0.25, -0.2) is 4.39 Å². The minimum atomic E-state index is -1.34. The zero-order valence-corrected chi connectivity index (χ0v) is 7.07. The Labute approximate surface area is 61.9 Å². The second-order valence-electron chi connectivity index (χ2n) is 1.44. The highest BCUT2D eigenvalue weighted by Crippen LogP contribution is 1.93. The number of hydrogen-bond acceptors (Lipinski definition) is 2. The normalized spacial score (nSPS) is 10.9. The molecule has 0 spiro atoms. The van der Waals surface area contributed by atoms with Gasteiger partial charge in [-0.1, -0.05) is 20.8 Å². The highest BCUT2D eigenvalue weighted by molar-refractivity contribution is 5.72. The average molecular weight is 149 g/mol. The molecule has 0 aromatic heterocycles. The quantitative estimate of drug-likeness (QED) is 0.475. The molecule has 0 fully saturated rings. The van der Waals surface area contributed by atoms with Crippen LogP contribution >= 0.6 is 0 Å². The van der Waals surface area contributed by atoms with Crippen LogP contribution in [0.5, 0.6) is 0 Å². The molecule has 0 heterocycles. The van der Waals surface area contributed by atoms with Crippen molar-refractivity contribution in [2.24, 2.45) is 0 Å². The second kappa shape index (κ2) is 8.40. The molecule has 2 nitrogen and oxygen atoms in total. The molecule has 1 N–H and O–H groups in total. The van der Waals surface area contributed by atoms with E-state index in [-0.39, 0.29) is 5.90 Å². The third-order valence-corrected chi connectivity index (χ3v) is 0.626. The summed E-state index contributed by atoms with van der Waals surface area (Å²) in [7, 11) is 0. The lowest BCUT2D eigenvalue weighted by Crippen LogP contribution is -2.07. The van der Waals surface area contributed by atoms with E-state index in [4.69, 9.17) is 5.41 Å². The summed E-state index contributed by atoms with van der Waals surface area (Å²) < 4.78 is 16.1. The molecule has 0 aliphatic heterocycles. The summed E-state index contributed by atoms with van der Waals surface area (Å²) in [4.78, 5) is 0. The van der Waals surface area contributed by atoms with Gasteiger partial charge < -0.3 is 4.74 Å². The molecule has 0 radical (unpaired) electrons. The molecule has 0 aliphatic rings. The maximum Gasteiger partial charge on any atom is 0.237 e. The third-order valence-electron chi connectivity index (χ3n) is 0.626. The first-order valence-electron chi connectivity index (χ1n) is 3.55. The Bertz CT molecular complexity index is 83.7. The van der Waals surface area contributed by atoms with Gasteiger partial charge in [0.2, 0.25) is 6.36 Å². The van der Waals surface area contributed by atoms with E-state index in [0.717, 1.165) is 0 Å². The van der Waals surface area contributed by atoms with Crippen LogP contribution in [0.1, 0.15) is 34.1 Å². The molecule has 1 unspecified atom stereocenters. The van der Waals surface area contributed by atoms with E-state index in [1.165, 1.54) is 6.92 Å². The first-order valence-corrected chi connectivity index (χ1v) is 3.55. The van der Waals surface area contributed by atoms with Gasteiger partial charge in [0, 0.05) is 13.3 Å². The number of halogens is 1. The lowest BCUT2D eigenvalue weighted by molar-refractivity contribution is 0.0698. The van der Waals surface area contributed by atoms with Gasteiger partial charge >= 0.3 is 0 Å². The van der Waals surface area contributed by atoms with Gasteiger partial charge in [0.05, 0.1) is 0 Å². The minimum Gasteiger partial charge on any atom is -0.448 e. The molecule has 10 heavy (non-hydrogen) atoms. The summed E-state index contributed by atoms with van der Waals surface area (Å²) in [6.07, 6.45) is -0.892.